The summed E-state index contributed by atoms with van der Waals surface area (Å²) < 4.78 is 0. The third kappa shape index (κ3) is 4.96. The van der Waals surface area contributed by atoms with Crippen LogP contribution in [0.3, 0.4) is 0 Å². The van der Waals surface area contributed by atoms with Crippen LogP contribution in [-0.4, -0.2) is 35.7 Å². The van der Waals surface area contributed by atoms with Crippen molar-refractivity contribution >= 4 is 0 Å². The van der Waals surface area contributed by atoms with E-state index in [2.05, 4.69) is 35.2 Å². The Morgan fingerprint density at radius 3 is 2.47 bits per heavy atom. The normalized spacial score (nSPS) is 19.5. The van der Waals surface area contributed by atoms with Gasteiger partial charge in [-0.3, -0.25) is 0 Å². The molecule has 0 radical (unpaired) electrons. The number of aryl methyl sites for hydroxylation is 1. The highest BCUT2D eigenvalue weighted by atomic mass is 16.3. The van der Waals surface area contributed by atoms with Crippen molar-refractivity contribution in [3.8, 4) is 0 Å². The zero-order chi connectivity index (χ0) is 13.5. The van der Waals surface area contributed by atoms with Crippen molar-refractivity contribution in [2.45, 2.75) is 45.1 Å². The van der Waals surface area contributed by atoms with Crippen LogP contribution < -0.4 is 0 Å². The molecule has 1 aliphatic rings. The van der Waals surface area contributed by atoms with E-state index in [9.17, 15) is 5.11 Å². The molecule has 0 amide bonds. The SMILES string of the molecule is CC(O)C1CCN(CCCCc2ccccc2)CC1. The highest BCUT2D eigenvalue weighted by Crippen LogP contribution is 2.20. The molecular formula is C17H27NO. The maximum atomic E-state index is 9.59. The molecule has 0 saturated carbocycles. The van der Waals surface area contributed by atoms with Crippen LogP contribution in [0.1, 0.15) is 38.2 Å². The van der Waals surface area contributed by atoms with Gasteiger partial charge in [-0.15, -0.1) is 0 Å². The summed E-state index contributed by atoms with van der Waals surface area (Å²) in [7, 11) is 0. The molecule has 0 aliphatic carbocycles. The summed E-state index contributed by atoms with van der Waals surface area (Å²) in [6.07, 6.45) is 5.96. The first kappa shape index (κ1) is 14.5. The molecule has 0 spiro atoms. The minimum Gasteiger partial charge on any atom is -0.393 e. The van der Waals surface area contributed by atoms with Crippen LogP contribution in [0.25, 0.3) is 0 Å². The maximum absolute atomic E-state index is 9.59. The number of aliphatic hydroxyl groups excluding tert-OH is 1. The molecule has 2 nitrogen and oxygen atoms in total. The molecule has 1 saturated heterocycles. The lowest BCUT2D eigenvalue weighted by Gasteiger charge is -2.33. The van der Waals surface area contributed by atoms with Crippen molar-refractivity contribution in [3.63, 3.8) is 0 Å². The van der Waals surface area contributed by atoms with E-state index in [0.29, 0.717) is 5.92 Å². The molecule has 1 heterocycles. The zero-order valence-corrected chi connectivity index (χ0v) is 12.1. The quantitative estimate of drug-likeness (QED) is 0.795. The Bertz CT molecular complexity index is 342. The Hall–Kier alpha value is -0.860. The smallest absolute Gasteiger partial charge is 0.0541 e. The van der Waals surface area contributed by atoms with Crippen LogP contribution in [0, 0.1) is 5.92 Å². The van der Waals surface area contributed by atoms with Gasteiger partial charge in [-0.25, -0.2) is 0 Å². The Labute approximate surface area is 117 Å². The Balaban J connectivity index is 1.57. The number of piperidine rings is 1. The monoisotopic (exact) mass is 261 g/mol. The summed E-state index contributed by atoms with van der Waals surface area (Å²) in [5.41, 5.74) is 1.45. The van der Waals surface area contributed by atoms with Gasteiger partial charge in [0.1, 0.15) is 0 Å². The van der Waals surface area contributed by atoms with Gasteiger partial charge in [0.25, 0.3) is 0 Å². The van der Waals surface area contributed by atoms with Gasteiger partial charge in [0.15, 0.2) is 0 Å². The lowest BCUT2D eigenvalue weighted by Crippen LogP contribution is -2.37. The van der Waals surface area contributed by atoms with Gasteiger partial charge in [0, 0.05) is 0 Å². The third-order valence-corrected chi connectivity index (χ3v) is 4.35. The molecule has 1 unspecified atom stereocenters. The molecule has 2 rings (SSSR count). The van der Waals surface area contributed by atoms with Gasteiger partial charge in [0.2, 0.25) is 0 Å². The second-order valence-electron chi connectivity index (χ2n) is 5.86. The fourth-order valence-electron chi connectivity index (χ4n) is 2.97. The average molecular weight is 261 g/mol. The van der Waals surface area contributed by atoms with Gasteiger partial charge in [-0.05, 0) is 70.1 Å². The summed E-state index contributed by atoms with van der Waals surface area (Å²) >= 11 is 0. The van der Waals surface area contributed by atoms with Crippen molar-refractivity contribution in [1.29, 1.82) is 0 Å². The van der Waals surface area contributed by atoms with Gasteiger partial charge < -0.3 is 10.0 Å². The number of aliphatic hydroxyl groups is 1. The number of benzene rings is 1. The van der Waals surface area contributed by atoms with Crippen LogP contribution in [0.15, 0.2) is 30.3 Å². The molecular weight excluding hydrogens is 234 g/mol. The van der Waals surface area contributed by atoms with E-state index in [1.54, 1.807) is 0 Å². The zero-order valence-electron chi connectivity index (χ0n) is 12.1. The number of hydrogen-bond donors (Lipinski definition) is 1. The molecule has 1 aliphatic heterocycles. The second-order valence-corrected chi connectivity index (χ2v) is 5.86. The lowest BCUT2D eigenvalue weighted by atomic mass is 9.92. The largest absolute Gasteiger partial charge is 0.393 e. The minimum atomic E-state index is -0.125. The van der Waals surface area contributed by atoms with Gasteiger partial charge in [-0.2, -0.15) is 0 Å². The van der Waals surface area contributed by atoms with Crippen LogP contribution in [0.4, 0.5) is 0 Å². The number of unbranched alkanes of at least 4 members (excludes halogenated alkanes) is 1. The summed E-state index contributed by atoms with van der Waals surface area (Å²) in [6.45, 7) is 5.49. The molecule has 1 fully saturated rings. The Morgan fingerprint density at radius 2 is 1.84 bits per heavy atom. The molecule has 1 aromatic rings. The molecule has 1 N–H and O–H groups in total. The molecule has 2 heteroatoms. The average Bonchev–Trinajstić information content (AvgIpc) is 2.45. The highest BCUT2D eigenvalue weighted by molar-refractivity contribution is 5.14. The van der Waals surface area contributed by atoms with Crippen molar-refractivity contribution < 1.29 is 5.11 Å². The summed E-state index contributed by atoms with van der Waals surface area (Å²) in [5.74, 6) is 0.528. The first-order chi connectivity index (χ1) is 9.25. The van der Waals surface area contributed by atoms with E-state index in [-0.39, 0.29) is 6.10 Å². The molecule has 0 bridgehead atoms. The topological polar surface area (TPSA) is 23.5 Å². The van der Waals surface area contributed by atoms with Crippen molar-refractivity contribution in [1.82, 2.24) is 4.90 Å². The van der Waals surface area contributed by atoms with E-state index in [0.717, 1.165) is 12.8 Å². The standard InChI is InChI=1S/C17H27NO/c1-15(19)17-10-13-18(14-11-17)12-6-5-9-16-7-3-2-4-8-16/h2-4,7-8,15,17,19H,5-6,9-14H2,1H3. The predicted octanol–water partition coefficient (Wildman–Crippen LogP) is 3.10. The first-order valence-corrected chi connectivity index (χ1v) is 7.70. The van der Waals surface area contributed by atoms with E-state index >= 15 is 0 Å². The van der Waals surface area contributed by atoms with Crippen LogP contribution in [0.5, 0.6) is 0 Å². The third-order valence-electron chi connectivity index (χ3n) is 4.35. The van der Waals surface area contributed by atoms with Crippen LogP contribution in [0.2, 0.25) is 0 Å². The highest BCUT2D eigenvalue weighted by Gasteiger charge is 2.21. The van der Waals surface area contributed by atoms with E-state index in [1.807, 2.05) is 6.92 Å². The number of likely N-dealkylation sites (tertiary alicyclic amines) is 1. The fraction of sp³-hybridized carbons (Fsp3) is 0.647. The second kappa shape index (κ2) is 7.66. The minimum absolute atomic E-state index is 0.125. The Kier molecular flexibility index (Phi) is 5.87. The summed E-state index contributed by atoms with van der Waals surface area (Å²) in [5, 5.41) is 9.59. The molecule has 0 aromatic heterocycles. The Morgan fingerprint density at radius 1 is 1.16 bits per heavy atom. The number of hydrogen-bond acceptors (Lipinski definition) is 2. The lowest BCUT2D eigenvalue weighted by molar-refractivity contribution is 0.0714. The van der Waals surface area contributed by atoms with Crippen molar-refractivity contribution in [3.05, 3.63) is 35.9 Å². The summed E-state index contributed by atoms with van der Waals surface area (Å²) in [4.78, 5) is 2.56. The van der Waals surface area contributed by atoms with Crippen molar-refractivity contribution in [2.24, 2.45) is 5.92 Å². The van der Waals surface area contributed by atoms with Gasteiger partial charge >= 0.3 is 0 Å². The van der Waals surface area contributed by atoms with Crippen LogP contribution >= 0.6 is 0 Å². The molecule has 106 valence electrons. The van der Waals surface area contributed by atoms with Gasteiger partial charge in [-0.1, -0.05) is 30.3 Å². The predicted molar refractivity (Wildman–Crippen MR) is 80.2 cm³/mol. The first-order valence-electron chi connectivity index (χ1n) is 7.70. The van der Waals surface area contributed by atoms with Crippen molar-refractivity contribution in [2.75, 3.05) is 19.6 Å². The summed E-state index contributed by atoms with van der Waals surface area (Å²) in [6, 6.07) is 10.8. The fourth-order valence-corrected chi connectivity index (χ4v) is 2.97. The number of rotatable bonds is 6. The number of nitrogens with zero attached hydrogens (tertiary/aromatic N) is 1. The molecule has 1 atom stereocenters. The molecule has 1 aromatic carbocycles. The van der Waals surface area contributed by atoms with Crippen LogP contribution in [-0.2, 0) is 6.42 Å². The molecule has 19 heavy (non-hydrogen) atoms. The van der Waals surface area contributed by atoms with E-state index < -0.39 is 0 Å². The maximum Gasteiger partial charge on any atom is 0.0541 e. The van der Waals surface area contributed by atoms with E-state index in [4.69, 9.17) is 0 Å². The van der Waals surface area contributed by atoms with E-state index in [1.165, 1.54) is 44.5 Å². The van der Waals surface area contributed by atoms with Gasteiger partial charge in [0.05, 0.1) is 6.10 Å².